The van der Waals surface area contributed by atoms with E-state index < -0.39 is 122 Å². The van der Waals surface area contributed by atoms with Crippen molar-refractivity contribution in [2.75, 3.05) is 26.3 Å². The van der Waals surface area contributed by atoms with Crippen LogP contribution in [0, 0.1) is 23.7 Å². The molecule has 420 valence electrons. The topological polar surface area (TPSA) is 286 Å². The minimum Gasteiger partial charge on any atom is -0.444 e. The number of Topliss-reactive ketones (excluding diaryl/α,β-unsaturated/α-hetero) is 5. The fraction of sp³-hybridized carbons (Fsp3) is 0.571. The number of amides is 6. The Labute approximate surface area is 456 Å². The monoisotopic (exact) mass is 1090 g/mol. The molecule has 0 heterocycles. The van der Waals surface area contributed by atoms with Gasteiger partial charge in [-0.25, -0.2) is 4.79 Å². The first-order valence-electron chi connectivity index (χ1n) is 26.2. The van der Waals surface area contributed by atoms with Crippen molar-refractivity contribution in [3.8, 4) is 0 Å². The molecule has 2 aromatic carbocycles. The van der Waals surface area contributed by atoms with Gasteiger partial charge in [0, 0.05) is 56.8 Å². The normalized spacial score (nSPS) is 13.6. The van der Waals surface area contributed by atoms with Crippen molar-refractivity contribution in [1.29, 1.82) is 0 Å². The smallest absolute Gasteiger partial charge is 0.408 e. The van der Waals surface area contributed by atoms with E-state index in [9.17, 15) is 57.5 Å². The molecule has 2 radical (unpaired) electrons. The Morgan fingerprint density at radius 3 is 1.42 bits per heavy atom. The van der Waals surface area contributed by atoms with Crippen molar-refractivity contribution >= 4 is 85.4 Å². The largest absolute Gasteiger partial charge is 0.444 e. The highest BCUT2D eigenvalue weighted by molar-refractivity contribution is 7.94. The van der Waals surface area contributed by atoms with Gasteiger partial charge >= 0.3 is 6.09 Å². The van der Waals surface area contributed by atoms with Crippen molar-refractivity contribution in [1.82, 2.24) is 31.9 Å². The summed E-state index contributed by atoms with van der Waals surface area (Å²) in [6.45, 7) is 14.3. The van der Waals surface area contributed by atoms with Crippen molar-refractivity contribution in [2.45, 2.75) is 156 Å². The number of hydrogen-bond acceptors (Lipinski definition) is 13. The van der Waals surface area contributed by atoms with Gasteiger partial charge in [-0.15, -0.1) is 0 Å². The molecule has 0 saturated heterocycles. The summed E-state index contributed by atoms with van der Waals surface area (Å²) in [5.41, 5.74) is 0.262. The molecule has 6 unspecified atom stereocenters. The lowest BCUT2D eigenvalue weighted by Crippen LogP contribution is -2.47. The van der Waals surface area contributed by atoms with Crippen LogP contribution in [0.5, 0.6) is 0 Å². The second-order valence-electron chi connectivity index (χ2n) is 21.3. The molecular weight excluding hydrogens is 1010 g/mol. The lowest BCUT2D eigenvalue weighted by molar-refractivity contribution is -0.133. The van der Waals surface area contributed by atoms with Crippen LogP contribution in [0.25, 0.3) is 0 Å². The molecule has 0 saturated carbocycles. The first-order chi connectivity index (χ1) is 36.1. The lowest BCUT2D eigenvalue weighted by atomic mass is 9.88. The van der Waals surface area contributed by atoms with Gasteiger partial charge in [0.05, 0.1) is 31.2 Å². The van der Waals surface area contributed by atoms with Crippen LogP contribution in [0.15, 0.2) is 60.7 Å². The molecule has 2 aromatic rings. The maximum Gasteiger partial charge on any atom is 0.408 e. The molecule has 77 heavy (non-hydrogen) atoms. The third kappa shape index (κ3) is 29.1. The number of ether oxygens (including phenoxy) is 1. The summed E-state index contributed by atoms with van der Waals surface area (Å²) in [6, 6.07) is 14.3. The summed E-state index contributed by atoms with van der Waals surface area (Å²) in [5, 5.41) is 15.5. The van der Waals surface area contributed by atoms with Gasteiger partial charge < -0.3 is 36.6 Å². The van der Waals surface area contributed by atoms with Gasteiger partial charge in [-0.05, 0) is 89.4 Å². The molecule has 0 aliphatic heterocycles. The van der Waals surface area contributed by atoms with E-state index in [4.69, 9.17) is 12.3 Å². The number of alkyl carbamates (subject to hydrolysis) is 1. The zero-order valence-corrected chi connectivity index (χ0v) is 47.1. The predicted octanol–water partition coefficient (Wildman–Crippen LogP) is 4.72. The Morgan fingerprint density at radius 2 is 0.987 bits per heavy atom. The highest BCUT2D eigenvalue weighted by Gasteiger charge is 2.32. The molecule has 6 amide bonds. The summed E-state index contributed by atoms with van der Waals surface area (Å²) in [5.74, 6) is -6.83. The van der Waals surface area contributed by atoms with E-state index in [2.05, 4.69) is 31.9 Å². The quantitative estimate of drug-likeness (QED) is 0.0399. The molecule has 0 spiro atoms. The Balaban J connectivity index is 2.24. The molecule has 2 rings (SSSR count). The zero-order chi connectivity index (χ0) is 57.8. The second-order valence-corrected chi connectivity index (χ2v) is 23.0. The summed E-state index contributed by atoms with van der Waals surface area (Å²) in [7, 11) is 4.30. The van der Waals surface area contributed by atoms with Crippen LogP contribution in [-0.4, -0.2) is 128 Å². The molecule has 0 bridgehead atoms. The number of carbonyl (C=O) groups excluding carboxylic acids is 12. The van der Waals surface area contributed by atoms with E-state index >= 15 is 0 Å². The van der Waals surface area contributed by atoms with Crippen molar-refractivity contribution in [3.63, 3.8) is 0 Å². The van der Waals surface area contributed by atoms with E-state index in [1.165, 1.54) is 6.92 Å². The standard InChI is InChI=1S/C56H80BN6O13P/c1-35(2)26-40(53(73)58-32-37(5)64)30-47(67)45(29-39-18-14-11-15-19-39)63-50(70)25-23-46(66)43(61-51(71)33-60-55(75)76-56(6,7)8)22-20-42(65)21-24-49(69)62-44(28-38-16-12-10-13-17-38)48(68)31-41(27-36(3)4)54(74)59-34-52(72)77(9)57/h10-19,35-36,40-41,43-45H,20-34H2,1-9H3,(H,58,73)(H,59,74)(H,60,75)(H,61,71)(H,62,69)(H,63,70). The molecular formula is C56H80BN6O13P. The van der Waals surface area contributed by atoms with E-state index in [0.717, 1.165) is 11.1 Å². The molecule has 21 heteroatoms. The third-order valence-corrected chi connectivity index (χ3v) is 12.9. The van der Waals surface area contributed by atoms with Crippen LogP contribution in [0.2, 0.25) is 0 Å². The highest BCUT2D eigenvalue weighted by Crippen LogP contribution is 2.24. The number of ketones is 5. The van der Waals surface area contributed by atoms with Crippen LogP contribution in [0.1, 0.15) is 131 Å². The zero-order valence-electron chi connectivity index (χ0n) is 46.3. The average molecular weight is 1090 g/mol. The van der Waals surface area contributed by atoms with Gasteiger partial charge in [-0.2, -0.15) is 0 Å². The van der Waals surface area contributed by atoms with Crippen molar-refractivity contribution in [3.05, 3.63) is 71.8 Å². The third-order valence-electron chi connectivity index (χ3n) is 11.9. The molecule has 6 N–H and O–H groups in total. The summed E-state index contributed by atoms with van der Waals surface area (Å²) in [4.78, 5) is 158. The molecule has 0 fully saturated rings. The van der Waals surface area contributed by atoms with Crippen LogP contribution < -0.4 is 31.9 Å². The van der Waals surface area contributed by atoms with Crippen LogP contribution >= 0.6 is 7.80 Å². The number of rotatable bonds is 36. The van der Waals surface area contributed by atoms with Crippen LogP contribution in [0.4, 0.5) is 4.79 Å². The van der Waals surface area contributed by atoms with E-state index in [1.807, 2.05) is 27.7 Å². The van der Waals surface area contributed by atoms with Gasteiger partial charge in [0.25, 0.3) is 0 Å². The first-order valence-corrected chi connectivity index (χ1v) is 28.1. The molecule has 0 aliphatic rings. The van der Waals surface area contributed by atoms with Crippen LogP contribution in [-0.2, 0) is 70.3 Å². The molecule has 0 aliphatic carbocycles. The van der Waals surface area contributed by atoms with Gasteiger partial charge in [-0.3, -0.25) is 52.7 Å². The lowest BCUT2D eigenvalue weighted by Gasteiger charge is -2.23. The minimum atomic E-state index is -1.42. The fourth-order valence-corrected chi connectivity index (χ4v) is 8.43. The van der Waals surface area contributed by atoms with Gasteiger partial charge in [0.15, 0.2) is 22.9 Å². The predicted molar refractivity (Wildman–Crippen MR) is 293 cm³/mol. The Kier molecular flexibility index (Phi) is 29.8. The molecule has 19 nitrogen and oxygen atoms in total. The Hall–Kier alpha value is -6.43. The Bertz CT molecular complexity index is 2340. The van der Waals surface area contributed by atoms with E-state index in [0.29, 0.717) is 12.8 Å². The first kappa shape index (κ1) is 66.7. The van der Waals surface area contributed by atoms with Crippen molar-refractivity contribution in [2.24, 2.45) is 23.7 Å². The Morgan fingerprint density at radius 1 is 0.545 bits per heavy atom. The highest BCUT2D eigenvalue weighted by atomic mass is 31.1. The van der Waals surface area contributed by atoms with Gasteiger partial charge in [-0.1, -0.05) is 96.2 Å². The number of carbonyl (C=O) groups is 12. The maximum atomic E-state index is 13.9. The average Bonchev–Trinajstić information content (AvgIpc) is 3.35. The second kappa shape index (κ2) is 34.4. The van der Waals surface area contributed by atoms with E-state index in [1.54, 1.807) is 88.1 Å². The van der Waals surface area contributed by atoms with Gasteiger partial charge in [0.1, 0.15) is 31.3 Å². The van der Waals surface area contributed by atoms with Gasteiger partial charge in [0.2, 0.25) is 29.5 Å². The van der Waals surface area contributed by atoms with Crippen LogP contribution in [0.3, 0.4) is 0 Å². The molecule has 0 aromatic heterocycles. The number of benzene rings is 2. The summed E-state index contributed by atoms with van der Waals surface area (Å²) >= 11 is 0. The number of hydrogen-bond donors (Lipinski definition) is 6. The summed E-state index contributed by atoms with van der Waals surface area (Å²) in [6.07, 6.45) is -2.59. The minimum absolute atomic E-state index is 0.0132. The maximum absolute atomic E-state index is 13.9. The number of nitrogens with one attached hydrogen (secondary N) is 6. The molecule has 6 atom stereocenters. The summed E-state index contributed by atoms with van der Waals surface area (Å²) < 4.78 is 5.19. The van der Waals surface area contributed by atoms with Crippen molar-refractivity contribution < 1.29 is 62.3 Å². The fourth-order valence-electron chi connectivity index (χ4n) is 8.11. The van der Waals surface area contributed by atoms with E-state index in [-0.39, 0.29) is 87.6 Å². The SMILES string of the molecule is [B]P(C)C(=O)CNC(=O)C(CC(=O)C(Cc1ccccc1)NC(=O)CCC(=O)CCC(NC(=O)CNC(=O)OC(C)(C)C)C(=O)CCC(=O)NC(Cc1ccccc1)C(=O)CC(CC(C)C)C(=O)NCC(C)=O)CC(C)C.